The summed E-state index contributed by atoms with van der Waals surface area (Å²) in [6.45, 7) is 4.99. The number of phosphoric ester groups is 1. The van der Waals surface area contributed by atoms with Gasteiger partial charge in [0.05, 0.1) is 26.8 Å². The van der Waals surface area contributed by atoms with Crippen LogP contribution in [0.25, 0.3) is 0 Å². The minimum Gasteiger partial charge on any atom is -0.349 e. The fourth-order valence-corrected chi connectivity index (χ4v) is 5.35. The average molecular weight is 521 g/mol. The fraction of sp³-hybridized carbons (Fsp3) is 0.964. The molecule has 7 heteroatoms. The minimum absolute atomic E-state index is 0.0168. The van der Waals surface area contributed by atoms with Crippen LogP contribution < -0.4 is 5.32 Å². The Balaban J connectivity index is 3.67. The zero-order chi connectivity index (χ0) is 26.0. The van der Waals surface area contributed by atoms with Crippen molar-refractivity contribution in [3.8, 4) is 0 Å². The van der Waals surface area contributed by atoms with Crippen LogP contribution in [0.5, 0.6) is 0 Å². The van der Waals surface area contributed by atoms with Crippen LogP contribution in [0.3, 0.4) is 0 Å². The molecule has 35 heavy (non-hydrogen) atoms. The molecule has 0 rings (SSSR count). The van der Waals surface area contributed by atoms with Crippen molar-refractivity contribution < 1.29 is 28.6 Å². The highest BCUT2D eigenvalue weighted by Gasteiger charge is 2.23. The normalized spacial score (nSPS) is 14.2. The van der Waals surface area contributed by atoms with Gasteiger partial charge in [0, 0.05) is 12.8 Å². The first-order valence-electron chi connectivity index (χ1n) is 14.8. The van der Waals surface area contributed by atoms with E-state index < -0.39 is 7.82 Å². The van der Waals surface area contributed by atoms with Gasteiger partial charge in [0.2, 0.25) is 0 Å². The molecule has 0 aliphatic carbocycles. The van der Waals surface area contributed by atoms with Gasteiger partial charge in [-0.3, -0.25) is 9.05 Å². The Morgan fingerprint density at radius 3 is 1.66 bits per heavy atom. The van der Waals surface area contributed by atoms with Crippen LogP contribution in [0, 0.1) is 5.92 Å². The second-order valence-electron chi connectivity index (χ2n) is 10.4. The molecule has 0 aromatic carbocycles. The van der Waals surface area contributed by atoms with Crippen molar-refractivity contribution in [1.29, 1.82) is 0 Å². The van der Waals surface area contributed by atoms with E-state index >= 15 is 0 Å². The van der Waals surface area contributed by atoms with E-state index in [1.807, 2.05) is 12.4 Å². The largest absolute Gasteiger partial charge is 0.472 e. The van der Waals surface area contributed by atoms with Crippen molar-refractivity contribution in [2.24, 2.45) is 5.92 Å². The number of nitrogens with two attached hydrogens (primary N) is 1. The minimum atomic E-state index is -4.03. The first kappa shape index (κ1) is 34.7. The highest BCUT2D eigenvalue weighted by atomic mass is 31.2. The number of phosphoric acid groups is 1. The molecule has 0 spiro atoms. The van der Waals surface area contributed by atoms with Gasteiger partial charge in [0.25, 0.3) is 0 Å². The summed E-state index contributed by atoms with van der Waals surface area (Å²) in [7, 11) is -2.09. The van der Waals surface area contributed by atoms with E-state index in [-0.39, 0.29) is 24.9 Å². The van der Waals surface area contributed by atoms with Crippen LogP contribution in [0.2, 0.25) is 0 Å². The molecule has 210 valence electrons. The Hall–Kier alpha value is -0.260. The van der Waals surface area contributed by atoms with Crippen LogP contribution in [0.15, 0.2) is 0 Å². The lowest BCUT2D eigenvalue weighted by Crippen LogP contribution is -2.79. The number of ketones is 1. The predicted molar refractivity (Wildman–Crippen MR) is 147 cm³/mol. The van der Waals surface area contributed by atoms with Crippen molar-refractivity contribution in [3.05, 3.63) is 0 Å². The average Bonchev–Trinajstić information content (AvgIpc) is 2.82. The van der Waals surface area contributed by atoms with Gasteiger partial charge in [-0.15, -0.1) is 0 Å². The van der Waals surface area contributed by atoms with E-state index in [1.165, 1.54) is 96.3 Å². The SMILES string of the molecule is CCCCCCCCCCCCCCCCCCCC(COP(=O)(O)OCCC[NH2+]C)CC(C)=O. The molecule has 0 saturated carbocycles. The van der Waals surface area contributed by atoms with Crippen molar-refractivity contribution in [1.82, 2.24) is 0 Å². The van der Waals surface area contributed by atoms with Gasteiger partial charge in [-0.2, -0.15) is 0 Å². The van der Waals surface area contributed by atoms with Crippen LogP contribution in [0.1, 0.15) is 142 Å². The predicted octanol–water partition coefficient (Wildman–Crippen LogP) is 7.34. The number of quaternary nitrogens is 1. The molecule has 0 amide bonds. The Labute approximate surface area is 217 Å². The van der Waals surface area contributed by atoms with E-state index in [4.69, 9.17) is 9.05 Å². The maximum atomic E-state index is 12.0. The van der Waals surface area contributed by atoms with Gasteiger partial charge < -0.3 is 15.0 Å². The molecule has 6 nitrogen and oxygen atoms in total. The standard InChI is InChI=1S/C28H58NO5P/c1-4-5-6-7-8-9-10-11-12-13-14-15-16-17-18-19-20-22-28(25-27(2)30)26-34-35(31,32)33-24-21-23-29-3/h28-29H,4-26H2,1-3H3,(H,31,32)/p+1. The lowest BCUT2D eigenvalue weighted by atomic mass is 9.96. The monoisotopic (exact) mass is 520 g/mol. The van der Waals surface area contributed by atoms with E-state index in [9.17, 15) is 14.3 Å². The van der Waals surface area contributed by atoms with Crippen molar-refractivity contribution >= 4 is 13.6 Å². The van der Waals surface area contributed by atoms with E-state index in [2.05, 4.69) is 6.92 Å². The molecule has 0 fully saturated rings. The fourth-order valence-electron chi connectivity index (χ4n) is 4.51. The zero-order valence-corrected chi connectivity index (χ0v) is 24.3. The third-order valence-corrected chi connectivity index (χ3v) is 7.64. The molecule has 0 heterocycles. The Morgan fingerprint density at radius 1 is 0.771 bits per heavy atom. The molecule has 0 aromatic heterocycles. The highest BCUT2D eigenvalue weighted by molar-refractivity contribution is 7.47. The summed E-state index contributed by atoms with van der Waals surface area (Å²) in [5.41, 5.74) is 0. The van der Waals surface area contributed by atoms with Crippen LogP contribution in [0.4, 0.5) is 0 Å². The third kappa shape index (κ3) is 26.6. The van der Waals surface area contributed by atoms with E-state index in [0.29, 0.717) is 12.8 Å². The molecule has 0 aliphatic heterocycles. The van der Waals surface area contributed by atoms with Crippen molar-refractivity contribution in [2.45, 2.75) is 142 Å². The summed E-state index contributed by atoms with van der Waals surface area (Å²) in [6, 6.07) is 0. The first-order valence-corrected chi connectivity index (χ1v) is 16.3. The molecule has 0 bridgehead atoms. The number of carbonyl (C=O) groups is 1. The summed E-state index contributed by atoms with van der Waals surface area (Å²) < 4.78 is 22.2. The highest BCUT2D eigenvalue weighted by Crippen LogP contribution is 2.44. The summed E-state index contributed by atoms with van der Waals surface area (Å²) >= 11 is 0. The molecule has 3 N–H and O–H groups in total. The lowest BCUT2D eigenvalue weighted by Gasteiger charge is -2.18. The topological polar surface area (TPSA) is 89.4 Å². The smallest absolute Gasteiger partial charge is 0.349 e. The molecule has 2 unspecified atom stereocenters. The molecule has 0 saturated heterocycles. The summed E-state index contributed by atoms with van der Waals surface area (Å²) in [5, 5.41) is 1.99. The molecule has 0 aliphatic rings. The first-order chi connectivity index (χ1) is 16.9. The number of rotatable bonds is 28. The zero-order valence-electron chi connectivity index (χ0n) is 23.4. The summed E-state index contributed by atoms with van der Waals surface area (Å²) in [5.74, 6) is 0.0784. The summed E-state index contributed by atoms with van der Waals surface area (Å²) in [4.78, 5) is 21.4. The number of Topliss-reactive ketones (excluding diaryl/α,β-unsaturated/α-hetero) is 1. The maximum absolute atomic E-state index is 12.0. The molecule has 2 atom stereocenters. The quantitative estimate of drug-likeness (QED) is 0.0832. The lowest BCUT2D eigenvalue weighted by molar-refractivity contribution is -0.627. The molecule has 0 aromatic rings. The molecule has 0 radical (unpaired) electrons. The van der Waals surface area contributed by atoms with Gasteiger partial charge in [-0.05, 0) is 19.3 Å². The van der Waals surface area contributed by atoms with E-state index in [1.54, 1.807) is 6.92 Å². The second-order valence-corrected chi connectivity index (χ2v) is 11.8. The number of unbranched alkanes of at least 4 members (excludes halogenated alkanes) is 16. The van der Waals surface area contributed by atoms with Gasteiger partial charge in [-0.25, -0.2) is 4.57 Å². The molecular weight excluding hydrogens is 461 g/mol. The summed E-state index contributed by atoms with van der Waals surface area (Å²) in [6.07, 6.45) is 24.7. The third-order valence-electron chi connectivity index (χ3n) is 6.66. The van der Waals surface area contributed by atoms with E-state index in [0.717, 1.165) is 25.8 Å². The van der Waals surface area contributed by atoms with Crippen molar-refractivity contribution in [2.75, 3.05) is 26.8 Å². The van der Waals surface area contributed by atoms with Crippen LogP contribution >= 0.6 is 7.82 Å². The van der Waals surface area contributed by atoms with Gasteiger partial charge in [0.15, 0.2) is 0 Å². The van der Waals surface area contributed by atoms with Gasteiger partial charge in [-0.1, -0.05) is 116 Å². The number of carbonyl (C=O) groups excluding carboxylic acids is 1. The Kier molecular flexibility index (Phi) is 25.2. The Morgan fingerprint density at radius 2 is 1.23 bits per heavy atom. The maximum Gasteiger partial charge on any atom is 0.472 e. The van der Waals surface area contributed by atoms with Crippen LogP contribution in [-0.2, 0) is 18.4 Å². The molecular formula is C28H59NO5P+. The Bertz CT molecular complexity index is 518. The van der Waals surface area contributed by atoms with Gasteiger partial charge in [0.1, 0.15) is 5.78 Å². The van der Waals surface area contributed by atoms with Crippen LogP contribution in [-0.4, -0.2) is 37.5 Å². The second kappa shape index (κ2) is 25.4. The van der Waals surface area contributed by atoms with Gasteiger partial charge >= 0.3 is 7.82 Å². The number of hydrogen-bond acceptors (Lipinski definition) is 4. The number of hydrogen-bond donors (Lipinski definition) is 2. The van der Waals surface area contributed by atoms with Crippen molar-refractivity contribution in [3.63, 3.8) is 0 Å².